The Morgan fingerprint density at radius 3 is 2.65 bits per heavy atom. The number of aliphatic imine (C=N–C) groups is 1. The smallest absolute Gasteiger partial charge is 0.283 e. The number of pyridine rings is 2. The van der Waals surface area contributed by atoms with Gasteiger partial charge in [-0.25, -0.2) is 9.98 Å². The third-order valence-corrected chi connectivity index (χ3v) is 5.24. The largest absolute Gasteiger partial charge is 0.462 e. The number of aromatic nitrogens is 2. The van der Waals surface area contributed by atoms with Crippen LogP contribution >= 0.6 is 0 Å². The summed E-state index contributed by atoms with van der Waals surface area (Å²) >= 11 is 0. The average Bonchev–Trinajstić information content (AvgIpc) is 3.15. The highest BCUT2D eigenvalue weighted by Gasteiger charge is 2.47. The molecular weight excluding hydrogens is 388 g/mol. The quantitative estimate of drug-likeness (QED) is 0.607. The van der Waals surface area contributed by atoms with Crippen molar-refractivity contribution in [2.45, 2.75) is 26.3 Å². The number of rotatable bonds is 1. The van der Waals surface area contributed by atoms with E-state index in [1.807, 2.05) is 36.5 Å². The normalized spacial score (nSPS) is 18.7. The van der Waals surface area contributed by atoms with E-state index in [4.69, 9.17) is 20.2 Å². The van der Waals surface area contributed by atoms with Gasteiger partial charge < -0.3 is 15.2 Å². The molecule has 0 aliphatic carbocycles. The third-order valence-electron chi connectivity index (χ3n) is 5.24. The van der Waals surface area contributed by atoms with Crippen LogP contribution in [0.15, 0.2) is 60.0 Å². The lowest BCUT2D eigenvalue weighted by Gasteiger charge is -2.33. The summed E-state index contributed by atoms with van der Waals surface area (Å²) in [7, 11) is 0. The van der Waals surface area contributed by atoms with Gasteiger partial charge in [0.25, 0.3) is 6.02 Å². The van der Waals surface area contributed by atoms with Crippen molar-refractivity contribution in [2.24, 2.45) is 16.1 Å². The van der Waals surface area contributed by atoms with Gasteiger partial charge in [0.15, 0.2) is 5.54 Å². The van der Waals surface area contributed by atoms with E-state index in [2.05, 4.69) is 48.6 Å². The van der Waals surface area contributed by atoms with Crippen LogP contribution in [0.25, 0.3) is 11.1 Å². The summed E-state index contributed by atoms with van der Waals surface area (Å²) in [5.74, 6) is 7.64. The molecule has 2 aromatic heterocycles. The first kappa shape index (κ1) is 19.1. The number of ether oxygens (including phenoxy) is 2. The Hall–Kier alpha value is -3.85. The molecule has 6 nitrogen and oxygen atoms in total. The van der Waals surface area contributed by atoms with Gasteiger partial charge in [-0.05, 0) is 50.6 Å². The van der Waals surface area contributed by atoms with E-state index >= 15 is 0 Å². The van der Waals surface area contributed by atoms with Crippen molar-refractivity contribution in [3.63, 3.8) is 0 Å². The highest BCUT2D eigenvalue weighted by Crippen LogP contribution is 2.51. The lowest BCUT2D eigenvalue weighted by molar-refractivity contribution is 0.262. The molecule has 5 rings (SSSR count). The Morgan fingerprint density at radius 2 is 1.94 bits per heavy atom. The first-order chi connectivity index (χ1) is 14.8. The van der Waals surface area contributed by atoms with E-state index in [1.54, 1.807) is 12.4 Å². The predicted octanol–water partition coefficient (Wildman–Crippen LogP) is 4.24. The second kappa shape index (κ2) is 6.85. The fourth-order valence-electron chi connectivity index (χ4n) is 3.77. The van der Waals surface area contributed by atoms with Crippen LogP contribution in [0.3, 0.4) is 0 Å². The summed E-state index contributed by atoms with van der Waals surface area (Å²) < 4.78 is 11.8. The predicted molar refractivity (Wildman–Crippen MR) is 119 cm³/mol. The van der Waals surface area contributed by atoms with Gasteiger partial charge in [0.2, 0.25) is 5.88 Å². The van der Waals surface area contributed by atoms with Gasteiger partial charge in [-0.2, -0.15) is 0 Å². The highest BCUT2D eigenvalue weighted by atomic mass is 16.5. The molecule has 0 saturated carbocycles. The average molecular weight is 410 g/mol. The maximum atomic E-state index is 6.15. The summed E-state index contributed by atoms with van der Waals surface area (Å²) in [4.78, 5) is 13.5. The van der Waals surface area contributed by atoms with Crippen LogP contribution in [0.2, 0.25) is 0 Å². The van der Waals surface area contributed by atoms with Crippen molar-refractivity contribution < 1.29 is 9.47 Å². The van der Waals surface area contributed by atoms with Gasteiger partial charge >= 0.3 is 0 Å². The molecule has 1 unspecified atom stereocenters. The van der Waals surface area contributed by atoms with Gasteiger partial charge in [-0.3, -0.25) is 4.98 Å². The topological polar surface area (TPSA) is 82.6 Å². The van der Waals surface area contributed by atoms with Crippen molar-refractivity contribution in [3.8, 4) is 34.6 Å². The van der Waals surface area contributed by atoms with Crippen molar-refractivity contribution in [1.82, 2.24) is 9.97 Å². The summed E-state index contributed by atoms with van der Waals surface area (Å²) in [5, 5.41) is 0. The molecule has 0 radical (unpaired) electrons. The van der Waals surface area contributed by atoms with Crippen LogP contribution in [0, 0.1) is 17.3 Å². The molecule has 2 aliphatic heterocycles. The molecule has 0 bridgehead atoms. The molecule has 4 heterocycles. The van der Waals surface area contributed by atoms with Gasteiger partial charge in [0, 0.05) is 40.7 Å². The fourth-order valence-corrected chi connectivity index (χ4v) is 3.77. The van der Waals surface area contributed by atoms with Crippen LogP contribution in [0.1, 0.15) is 37.5 Å². The van der Waals surface area contributed by atoms with E-state index < -0.39 is 5.54 Å². The van der Waals surface area contributed by atoms with Crippen molar-refractivity contribution >= 4 is 6.02 Å². The number of hydrogen-bond acceptors (Lipinski definition) is 6. The Morgan fingerprint density at radius 1 is 1.06 bits per heavy atom. The van der Waals surface area contributed by atoms with E-state index in [-0.39, 0.29) is 18.0 Å². The molecular formula is C25H22N4O2. The Bertz CT molecular complexity index is 1270. The van der Waals surface area contributed by atoms with E-state index in [0.717, 1.165) is 27.8 Å². The first-order valence-corrected chi connectivity index (χ1v) is 10.1. The summed E-state index contributed by atoms with van der Waals surface area (Å²) in [6.45, 7) is 6.49. The minimum absolute atomic E-state index is 0.117. The minimum Gasteiger partial charge on any atom is -0.462 e. The zero-order chi connectivity index (χ0) is 21.6. The zero-order valence-electron chi connectivity index (χ0n) is 17.6. The number of nitrogens with zero attached hydrogens (tertiary/aromatic N) is 3. The zero-order valence-corrected chi connectivity index (χ0v) is 17.6. The lowest BCUT2D eigenvalue weighted by Crippen LogP contribution is -2.31. The van der Waals surface area contributed by atoms with Crippen LogP contribution < -0.4 is 10.5 Å². The molecule has 1 spiro atoms. The van der Waals surface area contributed by atoms with E-state index in [9.17, 15) is 0 Å². The van der Waals surface area contributed by atoms with Gasteiger partial charge in [-0.15, -0.1) is 0 Å². The number of benzene rings is 1. The molecule has 3 aromatic rings. The van der Waals surface area contributed by atoms with Crippen LogP contribution in [0.5, 0.6) is 11.6 Å². The molecule has 154 valence electrons. The molecule has 1 aromatic carbocycles. The Labute approximate surface area is 181 Å². The van der Waals surface area contributed by atoms with Gasteiger partial charge in [0.05, 0.1) is 5.56 Å². The van der Waals surface area contributed by atoms with Crippen LogP contribution in [0.4, 0.5) is 0 Å². The monoisotopic (exact) mass is 410 g/mol. The maximum Gasteiger partial charge on any atom is 0.283 e. The second-order valence-corrected chi connectivity index (χ2v) is 8.73. The Kier molecular flexibility index (Phi) is 4.23. The lowest BCUT2D eigenvalue weighted by atomic mass is 9.81. The highest BCUT2D eigenvalue weighted by molar-refractivity contribution is 5.77. The van der Waals surface area contributed by atoms with Crippen molar-refractivity contribution in [2.75, 3.05) is 6.61 Å². The standard InChI is InChI=1S/C25H22N4O2/c1-24(2,3)9-8-16-11-20-22(28-13-16)31-21-7-6-17(18-5-4-10-27-14-18)12-19(21)25(20)15-30-23(26)29-25/h4-7,10-14H,15H2,1-3H3,(H2,26,29). The van der Waals surface area contributed by atoms with Gasteiger partial charge in [0.1, 0.15) is 12.4 Å². The number of fused-ring (bicyclic) bond motifs is 4. The molecule has 2 N–H and O–H groups in total. The molecule has 1 atom stereocenters. The van der Waals surface area contributed by atoms with Crippen LogP contribution in [-0.4, -0.2) is 22.6 Å². The van der Waals surface area contributed by atoms with E-state index in [1.165, 1.54) is 0 Å². The molecule has 0 fully saturated rings. The van der Waals surface area contributed by atoms with Crippen molar-refractivity contribution in [1.29, 1.82) is 0 Å². The maximum absolute atomic E-state index is 6.15. The minimum atomic E-state index is -0.836. The number of nitrogens with two attached hydrogens (primary N) is 1. The fraction of sp³-hybridized carbons (Fsp3) is 0.240. The van der Waals surface area contributed by atoms with E-state index in [0.29, 0.717) is 11.6 Å². The molecule has 0 amide bonds. The number of hydrogen-bond donors (Lipinski definition) is 1. The summed E-state index contributed by atoms with van der Waals surface area (Å²) in [6.07, 6.45) is 5.31. The summed E-state index contributed by atoms with van der Waals surface area (Å²) in [5.41, 5.74) is 9.52. The first-order valence-electron chi connectivity index (χ1n) is 10.1. The number of amidine groups is 1. The van der Waals surface area contributed by atoms with Gasteiger partial charge in [-0.1, -0.05) is 24.0 Å². The third kappa shape index (κ3) is 3.38. The SMILES string of the molecule is CC(C)(C)C#Cc1cnc2c(c1)C1(COC(N)=N1)c1cc(-c3cccnc3)ccc1O2. The second-order valence-electron chi connectivity index (χ2n) is 8.73. The van der Waals surface area contributed by atoms with Crippen LogP contribution in [-0.2, 0) is 10.3 Å². The molecule has 0 saturated heterocycles. The molecule has 6 heteroatoms. The van der Waals surface area contributed by atoms with Crippen molar-refractivity contribution in [3.05, 3.63) is 71.7 Å². The summed E-state index contributed by atoms with van der Waals surface area (Å²) in [6, 6.07) is 12.1. The molecule has 31 heavy (non-hydrogen) atoms. The molecule has 2 aliphatic rings. The Balaban J connectivity index is 1.69.